The van der Waals surface area contributed by atoms with E-state index in [2.05, 4.69) is 15.1 Å². The van der Waals surface area contributed by atoms with E-state index in [1.807, 2.05) is 0 Å². The quantitative estimate of drug-likeness (QED) is 0.545. The maximum atomic E-state index is 13.4. The van der Waals surface area contributed by atoms with Gasteiger partial charge in [-0.1, -0.05) is 0 Å². The van der Waals surface area contributed by atoms with Crippen molar-refractivity contribution in [2.24, 2.45) is 0 Å². The van der Waals surface area contributed by atoms with Crippen LogP contribution in [0.15, 0.2) is 23.7 Å². The normalized spacial score (nSPS) is 11.1. The van der Waals surface area contributed by atoms with Gasteiger partial charge in [-0.2, -0.15) is 0 Å². The Morgan fingerprint density at radius 3 is 2.45 bits per heavy atom. The summed E-state index contributed by atoms with van der Waals surface area (Å²) < 4.78 is 53.5. The molecule has 0 saturated heterocycles. The minimum Gasteiger partial charge on any atom is -0.251 e. The summed E-state index contributed by atoms with van der Waals surface area (Å²) in [6, 6.07) is 1.56. The first-order valence-electron chi connectivity index (χ1n) is 6.17. The van der Waals surface area contributed by atoms with E-state index in [0.717, 1.165) is 16.8 Å². The molecular formula is C13H8F4N4S. The SMILES string of the molecule is FCCc1nc(-c2nccs2)nn1-c1cc(F)c(F)c(F)c1. The van der Waals surface area contributed by atoms with Gasteiger partial charge in [0, 0.05) is 30.1 Å². The molecular weight excluding hydrogens is 320 g/mol. The highest BCUT2D eigenvalue weighted by molar-refractivity contribution is 7.12. The summed E-state index contributed by atoms with van der Waals surface area (Å²) in [4.78, 5) is 8.14. The Morgan fingerprint density at radius 2 is 1.86 bits per heavy atom. The minimum absolute atomic E-state index is 0.0739. The molecule has 3 rings (SSSR count). The number of alkyl halides is 1. The predicted octanol–water partition coefficient (Wildman–Crippen LogP) is 3.32. The zero-order valence-electron chi connectivity index (χ0n) is 10.9. The van der Waals surface area contributed by atoms with Gasteiger partial charge in [0.05, 0.1) is 12.4 Å². The molecule has 2 heterocycles. The third-order valence-electron chi connectivity index (χ3n) is 2.83. The summed E-state index contributed by atoms with van der Waals surface area (Å²) in [5.41, 5.74) is -0.0739. The van der Waals surface area contributed by atoms with Gasteiger partial charge in [-0.15, -0.1) is 16.4 Å². The van der Waals surface area contributed by atoms with E-state index in [1.165, 1.54) is 11.3 Å². The van der Waals surface area contributed by atoms with E-state index < -0.39 is 24.1 Å². The highest BCUT2D eigenvalue weighted by atomic mass is 32.1. The molecule has 0 aliphatic carbocycles. The number of hydrogen-bond donors (Lipinski definition) is 0. The van der Waals surface area contributed by atoms with Gasteiger partial charge in [0.2, 0.25) is 5.82 Å². The Hall–Kier alpha value is -2.29. The van der Waals surface area contributed by atoms with Crippen LogP contribution < -0.4 is 0 Å². The molecule has 114 valence electrons. The maximum Gasteiger partial charge on any atom is 0.210 e. The molecule has 3 aromatic rings. The van der Waals surface area contributed by atoms with Gasteiger partial charge in [0.15, 0.2) is 22.5 Å². The largest absolute Gasteiger partial charge is 0.251 e. The number of halogens is 4. The second kappa shape index (κ2) is 5.84. The molecule has 0 unspecified atom stereocenters. The number of thiazole rings is 1. The van der Waals surface area contributed by atoms with Crippen LogP contribution in [0.5, 0.6) is 0 Å². The van der Waals surface area contributed by atoms with Crippen LogP contribution in [0.4, 0.5) is 17.6 Å². The van der Waals surface area contributed by atoms with E-state index in [-0.39, 0.29) is 23.8 Å². The summed E-state index contributed by atoms with van der Waals surface area (Å²) in [7, 11) is 0. The third kappa shape index (κ3) is 2.59. The number of aryl methyl sites for hydroxylation is 1. The summed E-state index contributed by atoms with van der Waals surface area (Å²) in [6.45, 7) is -0.720. The van der Waals surface area contributed by atoms with Gasteiger partial charge in [-0.25, -0.2) is 27.8 Å². The lowest BCUT2D eigenvalue weighted by Crippen LogP contribution is -2.06. The second-order valence-electron chi connectivity index (χ2n) is 4.26. The molecule has 0 saturated carbocycles. The van der Waals surface area contributed by atoms with Crippen molar-refractivity contribution in [1.29, 1.82) is 0 Å². The van der Waals surface area contributed by atoms with Crippen molar-refractivity contribution in [2.75, 3.05) is 6.67 Å². The lowest BCUT2D eigenvalue weighted by atomic mass is 10.3. The molecule has 0 atom stereocenters. The third-order valence-corrected chi connectivity index (χ3v) is 3.60. The fourth-order valence-corrected chi connectivity index (χ4v) is 2.45. The van der Waals surface area contributed by atoms with Gasteiger partial charge in [0.25, 0.3) is 0 Å². The Balaban J connectivity index is 2.13. The molecule has 0 amide bonds. The highest BCUT2D eigenvalue weighted by Crippen LogP contribution is 2.22. The molecule has 0 N–H and O–H groups in total. The number of nitrogens with zero attached hydrogens (tertiary/aromatic N) is 4. The fourth-order valence-electron chi connectivity index (χ4n) is 1.89. The summed E-state index contributed by atoms with van der Waals surface area (Å²) in [5, 5.41) is 6.28. The first kappa shape index (κ1) is 14.6. The minimum atomic E-state index is -1.57. The molecule has 1 aromatic carbocycles. The first-order chi connectivity index (χ1) is 10.6. The molecule has 0 radical (unpaired) electrons. The lowest BCUT2D eigenvalue weighted by Gasteiger charge is -2.05. The van der Waals surface area contributed by atoms with E-state index in [9.17, 15) is 17.6 Å². The molecule has 2 aromatic heterocycles. The van der Waals surface area contributed by atoms with Crippen LogP contribution in [0.1, 0.15) is 5.82 Å². The van der Waals surface area contributed by atoms with Crippen LogP contribution in [0.25, 0.3) is 16.5 Å². The Morgan fingerprint density at radius 1 is 1.14 bits per heavy atom. The number of hydrogen-bond acceptors (Lipinski definition) is 4. The smallest absolute Gasteiger partial charge is 0.210 e. The Bertz CT molecular complexity index is 777. The Kier molecular flexibility index (Phi) is 3.88. The molecule has 0 bridgehead atoms. The second-order valence-corrected chi connectivity index (χ2v) is 5.16. The standard InChI is InChI=1S/C13H8F4N4S/c14-2-1-10-19-12(13-18-3-4-22-13)20-21(10)7-5-8(15)11(17)9(16)6-7/h3-6H,1-2H2. The predicted molar refractivity (Wildman–Crippen MR) is 72.0 cm³/mol. The molecule has 4 nitrogen and oxygen atoms in total. The van der Waals surface area contributed by atoms with Crippen LogP contribution >= 0.6 is 11.3 Å². The maximum absolute atomic E-state index is 13.4. The van der Waals surface area contributed by atoms with Crippen molar-refractivity contribution in [2.45, 2.75) is 6.42 Å². The fraction of sp³-hybridized carbons (Fsp3) is 0.154. The average Bonchev–Trinajstić information content (AvgIpc) is 3.13. The van der Waals surface area contributed by atoms with Crippen LogP contribution in [0.3, 0.4) is 0 Å². The van der Waals surface area contributed by atoms with Gasteiger partial charge in [-0.05, 0) is 0 Å². The van der Waals surface area contributed by atoms with Crippen LogP contribution in [0, 0.1) is 17.5 Å². The van der Waals surface area contributed by atoms with Gasteiger partial charge < -0.3 is 0 Å². The topological polar surface area (TPSA) is 43.6 Å². The molecule has 0 fully saturated rings. The van der Waals surface area contributed by atoms with E-state index in [4.69, 9.17) is 0 Å². The van der Waals surface area contributed by atoms with Crippen molar-refractivity contribution in [3.8, 4) is 16.5 Å². The van der Waals surface area contributed by atoms with Crippen molar-refractivity contribution >= 4 is 11.3 Å². The van der Waals surface area contributed by atoms with Gasteiger partial charge in [0.1, 0.15) is 5.82 Å². The summed E-state index contributed by atoms with van der Waals surface area (Å²) in [5.74, 6) is -3.90. The lowest BCUT2D eigenvalue weighted by molar-refractivity contribution is 0.445. The van der Waals surface area contributed by atoms with Crippen LogP contribution in [-0.2, 0) is 6.42 Å². The monoisotopic (exact) mass is 328 g/mol. The van der Waals surface area contributed by atoms with Crippen molar-refractivity contribution in [3.63, 3.8) is 0 Å². The van der Waals surface area contributed by atoms with E-state index in [1.54, 1.807) is 11.6 Å². The highest BCUT2D eigenvalue weighted by Gasteiger charge is 2.18. The van der Waals surface area contributed by atoms with Crippen LogP contribution in [-0.4, -0.2) is 26.4 Å². The number of rotatable bonds is 4. The van der Waals surface area contributed by atoms with Crippen molar-refractivity contribution in [1.82, 2.24) is 19.7 Å². The molecule has 0 aliphatic heterocycles. The molecule has 0 spiro atoms. The van der Waals surface area contributed by atoms with Crippen LogP contribution in [0.2, 0.25) is 0 Å². The Labute approximate surface area is 126 Å². The zero-order valence-corrected chi connectivity index (χ0v) is 11.7. The van der Waals surface area contributed by atoms with E-state index >= 15 is 0 Å². The summed E-state index contributed by atoms with van der Waals surface area (Å²) in [6.07, 6.45) is 1.45. The first-order valence-corrected chi connectivity index (χ1v) is 7.05. The zero-order chi connectivity index (χ0) is 15.7. The molecule has 22 heavy (non-hydrogen) atoms. The van der Waals surface area contributed by atoms with Gasteiger partial charge in [-0.3, -0.25) is 4.39 Å². The van der Waals surface area contributed by atoms with Crippen molar-refractivity contribution < 1.29 is 17.6 Å². The van der Waals surface area contributed by atoms with Gasteiger partial charge >= 0.3 is 0 Å². The average molecular weight is 328 g/mol. The number of aromatic nitrogens is 4. The van der Waals surface area contributed by atoms with E-state index in [0.29, 0.717) is 5.01 Å². The molecule has 0 aliphatic rings. The van der Waals surface area contributed by atoms with Crippen molar-refractivity contribution in [3.05, 3.63) is 47.0 Å². The summed E-state index contributed by atoms with van der Waals surface area (Å²) >= 11 is 1.27. The number of benzene rings is 1. The molecule has 9 heteroatoms.